The van der Waals surface area contributed by atoms with Crippen LogP contribution in [-0.4, -0.2) is 54.3 Å². The third kappa shape index (κ3) is 3.89. The Labute approximate surface area is 187 Å². The molecule has 33 heavy (non-hydrogen) atoms. The van der Waals surface area contributed by atoms with Crippen molar-refractivity contribution in [3.63, 3.8) is 0 Å². The van der Waals surface area contributed by atoms with E-state index in [9.17, 15) is 8.78 Å². The van der Waals surface area contributed by atoms with E-state index in [2.05, 4.69) is 48.6 Å². The molecule has 0 unspecified atom stereocenters. The number of aromatic nitrogens is 6. The van der Waals surface area contributed by atoms with Crippen LogP contribution in [0.4, 0.5) is 8.78 Å². The van der Waals surface area contributed by atoms with E-state index in [1.165, 1.54) is 17.3 Å². The molecule has 0 saturated carbocycles. The minimum Gasteiger partial charge on any atom is -0.415 e. The highest BCUT2D eigenvalue weighted by Gasteiger charge is 2.30. The highest BCUT2D eigenvalue weighted by molar-refractivity contribution is 5.60. The number of alkyl halides is 2. The van der Waals surface area contributed by atoms with Crippen LogP contribution in [0, 0.1) is 0 Å². The van der Waals surface area contributed by atoms with Crippen molar-refractivity contribution >= 4 is 0 Å². The zero-order valence-electron chi connectivity index (χ0n) is 17.4. The van der Waals surface area contributed by atoms with Gasteiger partial charge in [0.15, 0.2) is 0 Å². The predicted molar refractivity (Wildman–Crippen MR) is 111 cm³/mol. The fraction of sp³-hybridized carbons (Fsp3) is 0.318. The Morgan fingerprint density at radius 3 is 2.58 bits per heavy atom. The van der Waals surface area contributed by atoms with Crippen LogP contribution in [0.15, 0.2) is 47.1 Å². The van der Waals surface area contributed by atoms with Crippen molar-refractivity contribution in [1.29, 1.82) is 0 Å². The van der Waals surface area contributed by atoms with Gasteiger partial charge in [0.2, 0.25) is 5.89 Å². The maximum Gasteiger partial charge on any atom is 0.314 e. The number of benzene rings is 1. The van der Waals surface area contributed by atoms with E-state index in [4.69, 9.17) is 9.15 Å². The fourth-order valence-electron chi connectivity index (χ4n) is 4.03. The molecule has 0 bridgehead atoms. The fourth-order valence-corrected chi connectivity index (χ4v) is 4.03. The van der Waals surface area contributed by atoms with E-state index in [0.29, 0.717) is 18.2 Å². The van der Waals surface area contributed by atoms with E-state index in [1.54, 1.807) is 16.8 Å². The van der Waals surface area contributed by atoms with Gasteiger partial charge in [-0.15, -0.1) is 15.3 Å². The van der Waals surface area contributed by atoms with Crippen LogP contribution >= 0.6 is 0 Å². The SMILES string of the molecule is FC(F)c1nnc(-c2ccc(Cn3cc(-c4ccc5c(c4)CN(C4COC4)C5)nn3)nc2)o1. The molecule has 1 fully saturated rings. The van der Waals surface area contributed by atoms with Crippen LogP contribution in [-0.2, 0) is 24.4 Å². The van der Waals surface area contributed by atoms with Crippen LogP contribution in [0.2, 0.25) is 0 Å². The molecule has 0 amide bonds. The molecule has 1 aromatic carbocycles. The van der Waals surface area contributed by atoms with Gasteiger partial charge in [-0.3, -0.25) is 9.88 Å². The Hall–Kier alpha value is -3.57. The van der Waals surface area contributed by atoms with Gasteiger partial charge in [-0.05, 0) is 29.3 Å². The Kier molecular flexibility index (Phi) is 4.92. The first kappa shape index (κ1) is 20.1. The smallest absolute Gasteiger partial charge is 0.314 e. The third-order valence-corrected chi connectivity index (χ3v) is 5.95. The molecule has 3 aromatic heterocycles. The number of ether oxygens (including phenoxy) is 1. The second-order valence-electron chi connectivity index (χ2n) is 8.17. The van der Waals surface area contributed by atoms with E-state index in [1.807, 2.05) is 6.20 Å². The van der Waals surface area contributed by atoms with Gasteiger partial charge in [0.05, 0.1) is 43.3 Å². The van der Waals surface area contributed by atoms with Crippen molar-refractivity contribution in [1.82, 2.24) is 35.1 Å². The van der Waals surface area contributed by atoms with Gasteiger partial charge in [0.25, 0.3) is 5.89 Å². The molecule has 9 nitrogen and oxygen atoms in total. The Morgan fingerprint density at radius 1 is 1.00 bits per heavy atom. The lowest BCUT2D eigenvalue weighted by Gasteiger charge is -2.34. The first-order valence-corrected chi connectivity index (χ1v) is 10.5. The molecular formula is C22H19F2N7O2. The van der Waals surface area contributed by atoms with Crippen LogP contribution in [0.5, 0.6) is 0 Å². The normalized spacial score (nSPS) is 16.3. The van der Waals surface area contributed by atoms with Crippen molar-refractivity contribution in [3.05, 3.63) is 65.4 Å². The number of halogens is 2. The van der Waals surface area contributed by atoms with Gasteiger partial charge in [-0.1, -0.05) is 17.3 Å². The maximum atomic E-state index is 12.6. The van der Waals surface area contributed by atoms with Crippen LogP contribution in [0.3, 0.4) is 0 Å². The first-order valence-electron chi connectivity index (χ1n) is 10.5. The largest absolute Gasteiger partial charge is 0.415 e. The summed E-state index contributed by atoms with van der Waals surface area (Å²) in [6.45, 7) is 3.94. The molecule has 0 spiro atoms. The predicted octanol–water partition coefficient (Wildman–Crippen LogP) is 3.09. The molecule has 5 heterocycles. The lowest BCUT2D eigenvalue weighted by atomic mass is 10.0. The number of hydrogen-bond acceptors (Lipinski definition) is 8. The topological polar surface area (TPSA) is 95.0 Å². The lowest BCUT2D eigenvalue weighted by Crippen LogP contribution is -2.46. The van der Waals surface area contributed by atoms with Gasteiger partial charge in [0.1, 0.15) is 5.69 Å². The second kappa shape index (κ2) is 8.09. The zero-order chi connectivity index (χ0) is 22.4. The molecule has 6 rings (SSSR count). The third-order valence-electron chi connectivity index (χ3n) is 5.95. The molecule has 4 aromatic rings. The molecule has 0 radical (unpaired) electrons. The first-order chi connectivity index (χ1) is 16.1. The molecule has 2 aliphatic heterocycles. The molecule has 0 aliphatic carbocycles. The Balaban J connectivity index is 1.14. The summed E-state index contributed by atoms with van der Waals surface area (Å²) in [7, 11) is 0. The summed E-state index contributed by atoms with van der Waals surface area (Å²) in [6.07, 6.45) is 0.591. The number of fused-ring (bicyclic) bond motifs is 1. The van der Waals surface area contributed by atoms with Crippen molar-refractivity contribution in [2.24, 2.45) is 0 Å². The monoisotopic (exact) mass is 451 g/mol. The quantitative estimate of drug-likeness (QED) is 0.441. The summed E-state index contributed by atoms with van der Waals surface area (Å²) < 4.78 is 37.2. The maximum absolute atomic E-state index is 12.6. The molecule has 1 saturated heterocycles. The molecule has 11 heteroatoms. The average molecular weight is 451 g/mol. The minimum atomic E-state index is -2.80. The average Bonchev–Trinajstić information content (AvgIpc) is 3.52. The summed E-state index contributed by atoms with van der Waals surface area (Å²) in [5, 5.41) is 15.5. The summed E-state index contributed by atoms with van der Waals surface area (Å²) in [5.74, 6) is -0.701. The van der Waals surface area contributed by atoms with Gasteiger partial charge < -0.3 is 9.15 Å². The molecule has 0 atom stereocenters. The summed E-state index contributed by atoms with van der Waals surface area (Å²) >= 11 is 0. The second-order valence-corrected chi connectivity index (χ2v) is 8.17. The highest BCUT2D eigenvalue weighted by Crippen LogP contribution is 2.30. The van der Waals surface area contributed by atoms with E-state index >= 15 is 0 Å². The summed E-state index contributed by atoms with van der Waals surface area (Å²) in [4.78, 5) is 6.80. The molecule has 0 N–H and O–H groups in total. The Morgan fingerprint density at radius 2 is 1.85 bits per heavy atom. The number of nitrogens with zero attached hydrogens (tertiary/aromatic N) is 7. The minimum absolute atomic E-state index is 0.00685. The van der Waals surface area contributed by atoms with E-state index in [-0.39, 0.29) is 5.89 Å². The highest BCUT2D eigenvalue weighted by atomic mass is 19.3. The van der Waals surface area contributed by atoms with E-state index < -0.39 is 12.3 Å². The van der Waals surface area contributed by atoms with Crippen molar-refractivity contribution in [2.75, 3.05) is 13.2 Å². The van der Waals surface area contributed by atoms with Gasteiger partial charge in [0, 0.05) is 24.8 Å². The summed E-state index contributed by atoms with van der Waals surface area (Å²) in [5.41, 5.74) is 5.70. The van der Waals surface area contributed by atoms with Crippen molar-refractivity contribution in [2.45, 2.75) is 32.1 Å². The lowest BCUT2D eigenvalue weighted by molar-refractivity contribution is -0.0669. The van der Waals surface area contributed by atoms with Crippen LogP contribution in [0.1, 0.15) is 29.1 Å². The van der Waals surface area contributed by atoms with Crippen molar-refractivity contribution in [3.8, 4) is 22.7 Å². The van der Waals surface area contributed by atoms with Gasteiger partial charge in [-0.2, -0.15) is 8.78 Å². The molecule has 168 valence electrons. The van der Waals surface area contributed by atoms with E-state index in [0.717, 1.165) is 43.3 Å². The van der Waals surface area contributed by atoms with Crippen molar-refractivity contribution < 1.29 is 17.9 Å². The van der Waals surface area contributed by atoms with Gasteiger partial charge >= 0.3 is 6.43 Å². The molecular weight excluding hydrogens is 432 g/mol. The van der Waals surface area contributed by atoms with Gasteiger partial charge in [-0.25, -0.2) is 4.68 Å². The molecule has 2 aliphatic rings. The standard InChI is InChI=1S/C22H19F2N7O2/c23-20(24)22-28-27-21(33-22)14-3-4-17(25-6-14)9-31-10-19(26-29-31)13-1-2-15-7-30(8-16(15)5-13)18-11-32-12-18/h1-6,10,18,20H,7-9,11-12H2. The van der Waals surface area contributed by atoms with Crippen LogP contribution in [0.25, 0.3) is 22.7 Å². The summed E-state index contributed by atoms with van der Waals surface area (Å²) in [6, 6.07) is 10.4. The number of pyridine rings is 1. The number of rotatable bonds is 6. The number of hydrogen-bond donors (Lipinski definition) is 0. The Bertz CT molecular complexity index is 1280. The van der Waals surface area contributed by atoms with Crippen LogP contribution < -0.4 is 0 Å². The zero-order valence-corrected chi connectivity index (χ0v) is 17.4.